The number of aromatic nitrogens is 2. The van der Waals surface area contributed by atoms with Gasteiger partial charge in [0, 0.05) is 29.6 Å². The molecule has 0 aliphatic heterocycles. The maximum atomic E-state index is 13.4. The maximum absolute atomic E-state index is 13.4. The fourth-order valence-corrected chi connectivity index (χ4v) is 2.00. The lowest BCUT2D eigenvalue weighted by molar-refractivity contribution is 0.628. The number of nitrogens with zero attached hydrogens (tertiary/aromatic N) is 2. The second-order valence-electron chi connectivity index (χ2n) is 4.10. The molecule has 0 amide bonds. The fourth-order valence-electron chi connectivity index (χ4n) is 1.78. The molecule has 1 aromatic heterocycles. The summed E-state index contributed by atoms with van der Waals surface area (Å²) in [6, 6.07) is 6.19. The first-order chi connectivity index (χ1) is 9.12. The molecule has 1 aromatic carbocycles. The van der Waals surface area contributed by atoms with Gasteiger partial charge in [0.1, 0.15) is 17.5 Å². The van der Waals surface area contributed by atoms with Gasteiger partial charge in [0.05, 0.1) is 5.69 Å². The number of rotatable bonds is 4. The third-order valence-corrected chi connectivity index (χ3v) is 2.82. The van der Waals surface area contributed by atoms with Gasteiger partial charge >= 0.3 is 0 Å². The molecular formula is C14H15ClFN3. The molecule has 0 unspecified atom stereocenters. The summed E-state index contributed by atoms with van der Waals surface area (Å²) >= 11 is 5.88. The van der Waals surface area contributed by atoms with Gasteiger partial charge in [-0.1, -0.05) is 18.5 Å². The predicted octanol–water partition coefficient (Wildman–Crippen LogP) is 3.93. The smallest absolute Gasteiger partial charge is 0.131 e. The Labute approximate surface area is 116 Å². The van der Waals surface area contributed by atoms with E-state index in [9.17, 15) is 4.39 Å². The van der Waals surface area contributed by atoms with Crippen LogP contribution in [0.1, 0.15) is 19.7 Å². The van der Waals surface area contributed by atoms with Crippen LogP contribution in [0.15, 0.2) is 24.3 Å². The summed E-state index contributed by atoms with van der Waals surface area (Å²) < 4.78 is 13.4. The molecule has 3 nitrogen and oxygen atoms in total. The van der Waals surface area contributed by atoms with Gasteiger partial charge < -0.3 is 5.32 Å². The van der Waals surface area contributed by atoms with Gasteiger partial charge in [-0.3, -0.25) is 0 Å². The average Bonchev–Trinajstić information content (AvgIpc) is 2.37. The van der Waals surface area contributed by atoms with E-state index in [1.54, 1.807) is 12.1 Å². The zero-order valence-electron chi connectivity index (χ0n) is 10.9. The second kappa shape index (κ2) is 5.97. The van der Waals surface area contributed by atoms with Crippen molar-refractivity contribution in [1.82, 2.24) is 9.97 Å². The minimum Gasteiger partial charge on any atom is -0.370 e. The highest BCUT2D eigenvalue weighted by Gasteiger charge is 2.07. The highest BCUT2D eigenvalue weighted by Crippen LogP contribution is 2.24. The molecule has 0 atom stereocenters. The van der Waals surface area contributed by atoms with Crippen LogP contribution in [-0.2, 0) is 6.42 Å². The Kier molecular flexibility index (Phi) is 4.32. The molecular weight excluding hydrogens is 265 g/mol. The van der Waals surface area contributed by atoms with Gasteiger partial charge in [-0.25, -0.2) is 14.4 Å². The third-order valence-electron chi connectivity index (χ3n) is 2.60. The summed E-state index contributed by atoms with van der Waals surface area (Å²) in [4.78, 5) is 8.77. The van der Waals surface area contributed by atoms with Crippen LogP contribution in [0.2, 0.25) is 5.02 Å². The van der Waals surface area contributed by atoms with Gasteiger partial charge in [0.15, 0.2) is 0 Å². The number of benzene rings is 1. The van der Waals surface area contributed by atoms with Crippen molar-refractivity contribution in [2.24, 2.45) is 0 Å². The van der Waals surface area contributed by atoms with Crippen molar-refractivity contribution in [1.29, 1.82) is 0 Å². The predicted molar refractivity (Wildman–Crippen MR) is 76.0 cm³/mol. The van der Waals surface area contributed by atoms with Crippen LogP contribution in [0, 0.1) is 5.82 Å². The molecule has 2 aromatic rings. The van der Waals surface area contributed by atoms with E-state index in [1.165, 1.54) is 12.1 Å². The van der Waals surface area contributed by atoms with Crippen LogP contribution in [0.5, 0.6) is 0 Å². The zero-order valence-corrected chi connectivity index (χ0v) is 11.6. The van der Waals surface area contributed by atoms with Crippen LogP contribution < -0.4 is 5.32 Å². The first-order valence-electron chi connectivity index (χ1n) is 6.20. The van der Waals surface area contributed by atoms with E-state index in [0.29, 0.717) is 22.1 Å². The van der Waals surface area contributed by atoms with E-state index in [-0.39, 0.29) is 5.82 Å². The van der Waals surface area contributed by atoms with Gasteiger partial charge in [-0.05, 0) is 25.1 Å². The summed E-state index contributed by atoms with van der Waals surface area (Å²) in [5.74, 6) is 1.09. The van der Waals surface area contributed by atoms with Crippen LogP contribution >= 0.6 is 11.6 Å². The molecule has 1 heterocycles. The number of halogens is 2. The Morgan fingerprint density at radius 2 is 1.95 bits per heavy atom. The Balaban J connectivity index is 2.50. The van der Waals surface area contributed by atoms with Crippen molar-refractivity contribution in [2.75, 3.05) is 11.9 Å². The van der Waals surface area contributed by atoms with Crippen molar-refractivity contribution < 1.29 is 4.39 Å². The van der Waals surface area contributed by atoms with Crippen molar-refractivity contribution in [3.8, 4) is 11.3 Å². The van der Waals surface area contributed by atoms with E-state index >= 15 is 0 Å². The number of nitrogens with one attached hydrogen (secondary N) is 1. The molecule has 0 radical (unpaired) electrons. The van der Waals surface area contributed by atoms with Crippen LogP contribution in [0.25, 0.3) is 11.3 Å². The van der Waals surface area contributed by atoms with Gasteiger partial charge in [-0.15, -0.1) is 0 Å². The van der Waals surface area contributed by atoms with Crippen molar-refractivity contribution in [3.05, 3.63) is 40.9 Å². The summed E-state index contributed by atoms with van der Waals surface area (Å²) in [6.07, 6.45) is 0.718. The monoisotopic (exact) mass is 279 g/mol. The highest BCUT2D eigenvalue weighted by atomic mass is 35.5. The minimum absolute atomic E-state index is 0.358. The second-order valence-corrected chi connectivity index (χ2v) is 4.53. The molecule has 0 aliphatic rings. The van der Waals surface area contributed by atoms with E-state index < -0.39 is 0 Å². The van der Waals surface area contributed by atoms with E-state index in [4.69, 9.17) is 11.6 Å². The van der Waals surface area contributed by atoms with Gasteiger partial charge in [0.25, 0.3) is 0 Å². The van der Waals surface area contributed by atoms with Crippen LogP contribution in [0.4, 0.5) is 10.2 Å². The molecule has 100 valence electrons. The first-order valence-corrected chi connectivity index (χ1v) is 6.58. The minimum atomic E-state index is -0.371. The molecule has 0 spiro atoms. The third kappa shape index (κ3) is 3.41. The molecule has 19 heavy (non-hydrogen) atoms. The number of hydrogen-bond acceptors (Lipinski definition) is 3. The van der Waals surface area contributed by atoms with E-state index in [1.807, 2.05) is 13.8 Å². The van der Waals surface area contributed by atoms with Crippen LogP contribution in [-0.4, -0.2) is 16.5 Å². The topological polar surface area (TPSA) is 37.8 Å². The first kappa shape index (κ1) is 13.7. The van der Waals surface area contributed by atoms with Gasteiger partial charge in [0.2, 0.25) is 0 Å². The summed E-state index contributed by atoms with van der Waals surface area (Å²) in [5.41, 5.74) is 1.32. The molecule has 2 rings (SSSR count). The Morgan fingerprint density at radius 1 is 1.16 bits per heavy atom. The lowest BCUT2D eigenvalue weighted by Crippen LogP contribution is -2.04. The number of hydrogen-bond donors (Lipinski definition) is 1. The summed E-state index contributed by atoms with van der Waals surface area (Å²) in [7, 11) is 0. The van der Waals surface area contributed by atoms with Gasteiger partial charge in [-0.2, -0.15) is 0 Å². The number of anilines is 1. The van der Waals surface area contributed by atoms with Crippen LogP contribution in [0.3, 0.4) is 0 Å². The molecule has 0 saturated heterocycles. The maximum Gasteiger partial charge on any atom is 0.131 e. The summed E-state index contributed by atoms with van der Waals surface area (Å²) in [6.45, 7) is 4.74. The van der Waals surface area contributed by atoms with Crippen molar-refractivity contribution >= 4 is 17.4 Å². The quantitative estimate of drug-likeness (QED) is 0.921. The molecule has 0 aliphatic carbocycles. The van der Waals surface area contributed by atoms with Crippen molar-refractivity contribution in [2.45, 2.75) is 20.3 Å². The molecule has 0 bridgehead atoms. The van der Waals surface area contributed by atoms with E-state index in [2.05, 4.69) is 15.3 Å². The lowest BCUT2D eigenvalue weighted by Gasteiger charge is -2.08. The van der Waals surface area contributed by atoms with Crippen molar-refractivity contribution in [3.63, 3.8) is 0 Å². The normalized spacial score (nSPS) is 10.5. The van der Waals surface area contributed by atoms with E-state index in [0.717, 1.165) is 18.8 Å². The zero-order chi connectivity index (χ0) is 13.8. The fraction of sp³-hybridized carbons (Fsp3) is 0.286. The molecule has 5 heteroatoms. The lowest BCUT2D eigenvalue weighted by atomic mass is 10.1. The highest BCUT2D eigenvalue weighted by molar-refractivity contribution is 6.30. The molecule has 1 N–H and O–H groups in total. The molecule has 0 saturated carbocycles. The SMILES string of the molecule is CCNc1cc(-c2cc(F)cc(Cl)c2)nc(CC)n1. The summed E-state index contributed by atoms with van der Waals surface area (Å²) in [5, 5.41) is 3.50. The average molecular weight is 280 g/mol. The standard InChI is InChI=1S/C14H15ClFN3/c1-3-13-18-12(8-14(19-13)17-4-2)9-5-10(15)7-11(16)6-9/h5-8H,3-4H2,1-2H3,(H,17,18,19). The largest absolute Gasteiger partial charge is 0.370 e. The Bertz CT molecular complexity index is 567. The Morgan fingerprint density at radius 3 is 2.58 bits per heavy atom. The number of aryl methyl sites for hydroxylation is 1. The molecule has 0 fully saturated rings. The Hall–Kier alpha value is -1.68.